The molecule has 0 spiro atoms. The van der Waals surface area contributed by atoms with Gasteiger partial charge in [0.25, 0.3) is 0 Å². The molecule has 3 fully saturated rings. The van der Waals surface area contributed by atoms with Gasteiger partial charge in [-0.3, -0.25) is 4.79 Å². The van der Waals surface area contributed by atoms with E-state index in [9.17, 15) is 4.79 Å². The number of nitrogens with one attached hydrogen (secondary N) is 1. The predicted molar refractivity (Wildman–Crippen MR) is 72.3 cm³/mol. The van der Waals surface area contributed by atoms with Crippen LogP contribution in [0.4, 0.5) is 0 Å². The maximum absolute atomic E-state index is 12.3. The van der Waals surface area contributed by atoms with Crippen LogP contribution in [0, 0.1) is 5.92 Å². The summed E-state index contributed by atoms with van der Waals surface area (Å²) < 4.78 is 0. The molecule has 1 unspecified atom stereocenters. The Labute approximate surface area is 110 Å². The van der Waals surface area contributed by atoms with E-state index in [4.69, 9.17) is 0 Å². The largest absolute Gasteiger partial charge is 0.339 e. The Morgan fingerprint density at radius 1 is 1.06 bits per heavy atom. The zero-order chi connectivity index (χ0) is 12.4. The van der Waals surface area contributed by atoms with Crippen molar-refractivity contribution in [3.63, 3.8) is 0 Å². The van der Waals surface area contributed by atoms with Gasteiger partial charge < -0.3 is 10.2 Å². The minimum atomic E-state index is 0.401. The lowest BCUT2D eigenvalue weighted by atomic mass is 9.96. The second kappa shape index (κ2) is 5.60. The summed E-state index contributed by atoms with van der Waals surface area (Å²) in [5, 5.41) is 3.45. The van der Waals surface area contributed by atoms with Gasteiger partial charge in [0, 0.05) is 31.6 Å². The summed E-state index contributed by atoms with van der Waals surface area (Å²) in [6, 6.07) is 1.31. The number of carbonyl (C=O) groups is 1. The summed E-state index contributed by atoms with van der Waals surface area (Å²) in [6.45, 7) is 1.90. The molecule has 1 heterocycles. The molecule has 0 radical (unpaired) electrons. The Balaban J connectivity index is 1.47. The fraction of sp³-hybridized carbons (Fsp3) is 0.933. The van der Waals surface area contributed by atoms with E-state index in [1.807, 2.05) is 0 Å². The first-order valence-electron chi connectivity index (χ1n) is 7.87. The molecule has 18 heavy (non-hydrogen) atoms. The highest BCUT2D eigenvalue weighted by atomic mass is 16.2. The minimum absolute atomic E-state index is 0.401. The van der Waals surface area contributed by atoms with Crippen LogP contribution >= 0.6 is 0 Å². The molecule has 1 aliphatic heterocycles. The number of hydrogen-bond donors (Lipinski definition) is 1. The quantitative estimate of drug-likeness (QED) is 0.812. The third-order valence-electron chi connectivity index (χ3n) is 4.91. The highest BCUT2D eigenvalue weighted by molar-refractivity contribution is 5.77. The molecular formula is C15H26N2O. The molecule has 0 bridgehead atoms. The highest BCUT2D eigenvalue weighted by Crippen LogP contribution is 2.35. The fourth-order valence-electron chi connectivity index (χ4n) is 3.75. The molecule has 3 rings (SSSR count). The van der Waals surface area contributed by atoms with Gasteiger partial charge in [-0.2, -0.15) is 0 Å². The molecule has 1 saturated heterocycles. The average Bonchev–Trinajstić information content (AvgIpc) is 2.88. The summed E-state index contributed by atoms with van der Waals surface area (Å²) in [5.41, 5.74) is 0. The standard InChI is InChI=1S/C15H26N2O/c18-15(9-10-16-13-7-8-13)17-11-3-6-14(17)12-4-1-2-5-12/h12-14,16H,1-11H2. The number of rotatable bonds is 5. The van der Waals surface area contributed by atoms with Crippen molar-refractivity contribution in [3.8, 4) is 0 Å². The van der Waals surface area contributed by atoms with Crippen LogP contribution in [0.2, 0.25) is 0 Å². The minimum Gasteiger partial charge on any atom is -0.339 e. The lowest BCUT2D eigenvalue weighted by molar-refractivity contribution is -0.132. The third kappa shape index (κ3) is 2.87. The van der Waals surface area contributed by atoms with E-state index in [0.717, 1.165) is 25.0 Å². The van der Waals surface area contributed by atoms with Crippen LogP contribution in [-0.4, -0.2) is 36.0 Å². The zero-order valence-corrected chi connectivity index (χ0v) is 11.4. The first-order chi connectivity index (χ1) is 8.84. The molecule has 3 nitrogen and oxygen atoms in total. The molecule has 3 heteroatoms. The first-order valence-corrected chi connectivity index (χ1v) is 7.87. The van der Waals surface area contributed by atoms with Crippen LogP contribution < -0.4 is 5.32 Å². The topological polar surface area (TPSA) is 32.3 Å². The van der Waals surface area contributed by atoms with Crippen LogP contribution in [0.25, 0.3) is 0 Å². The maximum Gasteiger partial charge on any atom is 0.224 e. The number of nitrogens with zero attached hydrogens (tertiary/aromatic N) is 1. The smallest absolute Gasteiger partial charge is 0.224 e. The monoisotopic (exact) mass is 250 g/mol. The van der Waals surface area contributed by atoms with Gasteiger partial charge in [0.05, 0.1) is 0 Å². The lowest BCUT2D eigenvalue weighted by Gasteiger charge is -2.29. The van der Waals surface area contributed by atoms with Gasteiger partial charge in [0.15, 0.2) is 0 Å². The van der Waals surface area contributed by atoms with Crippen LogP contribution in [0.15, 0.2) is 0 Å². The van der Waals surface area contributed by atoms with E-state index in [2.05, 4.69) is 10.2 Å². The highest BCUT2D eigenvalue weighted by Gasteiger charge is 2.35. The van der Waals surface area contributed by atoms with Crippen LogP contribution in [0.1, 0.15) is 57.8 Å². The Bertz CT molecular complexity index is 295. The second-order valence-corrected chi connectivity index (χ2v) is 6.32. The van der Waals surface area contributed by atoms with Crippen molar-refractivity contribution in [1.29, 1.82) is 0 Å². The first kappa shape index (κ1) is 12.5. The van der Waals surface area contributed by atoms with E-state index >= 15 is 0 Å². The van der Waals surface area contributed by atoms with Gasteiger partial charge in [-0.05, 0) is 44.4 Å². The van der Waals surface area contributed by atoms with E-state index in [1.165, 1.54) is 51.4 Å². The van der Waals surface area contributed by atoms with Gasteiger partial charge in [0.2, 0.25) is 5.91 Å². The summed E-state index contributed by atoms with van der Waals surface area (Å²) in [4.78, 5) is 14.5. The number of likely N-dealkylation sites (tertiary alicyclic amines) is 1. The summed E-state index contributed by atoms with van der Waals surface area (Å²) in [5.74, 6) is 1.21. The number of hydrogen-bond acceptors (Lipinski definition) is 2. The van der Waals surface area contributed by atoms with Crippen molar-refractivity contribution >= 4 is 5.91 Å². The molecule has 1 N–H and O–H groups in total. The molecule has 2 saturated carbocycles. The molecule has 0 aromatic rings. The Kier molecular flexibility index (Phi) is 3.88. The number of carbonyl (C=O) groups excluding carboxylic acids is 1. The summed E-state index contributed by atoms with van der Waals surface area (Å²) in [6.07, 6.45) is 11.3. The van der Waals surface area contributed by atoms with E-state index in [-0.39, 0.29) is 0 Å². The van der Waals surface area contributed by atoms with E-state index < -0.39 is 0 Å². The molecular weight excluding hydrogens is 224 g/mol. The van der Waals surface area contributed by atoms with Gasteiger partial charge in [-0.25, -0.2) is 0 Å². The Morgan fingerprint density at radius 2 is 1.83 bits per heavy atom. The van der Waals surface area contributed by atoms with Gasteiger partial charge in [-0.1, -0.05) is 12.8 Å². The second-order valence-electron chi connectivity index (χ2n) is 6.32. The molecule has 0 aromatic carbocycles. The Morgan fingerprint density at radius 3 is 2.56 bits per heavy atom. The third-order valence-corrected chi connectivity index (χ3v) is 4.91. The fourth-order valence-corrected chi connectivity index (χ4v) is 3.75. The van der Waals surface area contributed by atoms with Gasteiger partial charge in [-0.15, -0.1) is 0 Å². The average molecular weight is 250 g/mol. The van der Waals surface area contributed by atoms with Crippen LogP contribution in [0.5, 0.6) is 0 Å². The molecule has 3 aliphatic rings. The van der Waals surface area contributed by atoms with Crippen LogP contribution in [-0.2, 0) is 4.79 Å². The maximum atomic E-state index is 12.3. The zero-order valence-electron chi connectivity index (χ0n) is 11.4. The van der Waals surface area contributed by atoms with Crippen LogP contribution in [0.3, 0.4) is 0 Å². The van der Waals surface area contributed by atoms with Gasteiger partial charge in [0.1, 0.15) is 0 Å². The molecule has 1 amide bonds. The van der Waals surface area contributed by atoms with Crippen molar-refractivity contribution in [2.24, 2.45) is 5.92 Å². The lowest BCUT2D eigenvalue weighted by Crippen LogP contribution is -2.40. The van der Waals surface area contributed by atoms with Crippen molar-refractivity contribution in [3.05, 3.63) is 0 Å². The molecule has 1 atom stereocenters. The van der Waals surface area contributed by atoms with Crippen molar-refractivity contribution in [2.75, 3.05) is 13.1 Å². The molecule has 102 valence electrons. The SMILES string of the molecule is O=C(CCNC1CC1)N1CCCC1C1CCCC1. The summed E-state index contributed by atoms with van der Waals surface area (Å²) in [7, 11) is 0. The molecule has 2 aliphatic carbocycles. The van der Waals surface area contributed by atoms with Crippen molar-refractivity contribution in [1.82, 2.24) is 10.2 Å². The number of amides is 1. The predicted octanol–water partition coefficient (Wildman–Crippen LogP) is 2.31. The van der Waals surface area contributed by atoms with Crippen molar-refractivity contribution in [2.45, 2.75) is 69.9 Å². The molecule has 0 aromatic heterocycles. The van der Waals surface area contributed by atoms with Crippen molar-refractivity contribution < 1.29 is 4.79 Å². The normalized spacial score (nSPS) is 29.1. The Hall–Kier alpha value is -0.570. The van der Waals surface area contributed by atoms with Gasteiger partial charge >= 0.3 is 0 Å². The summed E-state index contributed by atoms with van der Waals surface area (Å²) >= 11 is 0. The van der Waals surface area contributed by atoms with E-state index in [1.54, 1.807) is 0 Å². The van der Waals surface area contributed by atoms with E-state index in [0.29, 0.717) is 18.4 Å².